The van der Waals surface area contributed by atoms with Crippen LogP contribution >= 0.6 is 0 Å². The first-order valence-electron chi connectivity index (χ1n) is 10.1. The number of hydrogen-bond donors (Lipinski definition) is 0. The Kier molecular flexibility index (Phi) is 4.79. The smallest absolute Gasteiger partial charge is 0.243 e. The first-order chi connectivity index (χ1) is 14.5. The Morgan fingerprint density at radius 1 is 1.00 bits per heavy atom. The lowest BCUT2D eigenvalue weighted by molar-refractivity contribution is -0.139. The lowest BCUT2D eigenvalue weighted by atomic mass is 10.0. The molecule has 2 aromatic rings. The van der Waals surface area contributed by atoms with Crippen LogP contribution in [0.1, 0.15) is 11.1 Å². The van der Waals surface area contributed by atoms with Crippen LogP contribution in [0.5, 0.6) is 0 Å². The number of rotatable bonds is 4. The van der Waals surface area contributed by atoms with Gasteiger partial charge in [-0.05, 0) is 35.4 Å². The average molecular weight is 426 g/mol. The predicted molar refractivity (Wildman–Crippen MR) is 113 cm³/mol. The Balaban J connectivity index is 1.17. The summed E-state index contributed by atoms with van der Waals surface area (Å²) in [6.45, 7) is 3.84. The second kappa shape index (κ2) is 7.48. The standard InChI is InChI=1S/C21H23N5O3S/c27-21(25-9-7-24(8-10-25)19-3-5-22-6-4-19)18-14-26(15-18)30(28,29)20-2-1-16-12-23-13-17(16)11-20/h1-6,11-12,18H,7-10,13-15H2. The number of carbonyl (C=O) groups is 1. The summed E-state index contributed by atoms with van der Waals surface area (Å²) < 4.78 is 27.2. The molecule has 2 saturated heterocycles. The van der Waals surface area contributed by atoms with Gasteiger partial charge in [0.05, 0.1) is 17.4 Å². The molecule has 3 aliphatic rings. The SMILES string of the molecule is O=C(C1CN(S(=O)(=O)c2ccc3c(c2)CN=C3)C1)N1CCN(c2ccncc2)CC1. The molecule has 30 heavy (non-hydrogen) atoms. The largest absolute Gasteiger partial charge is 0.368 e. The van der Waals surface area contributed by atoms with E-state index in [9.17, 15) is 13.2 Å². The van der Waals surface area contributed by atoms with Crippen LogP contribution in [0.4, 0.5) is 5.69 Å². The second-order valence-corrected chi connectivity index (χ2v) is 9.81. The summed E-state index contributed by atoms with van der Waals surface area (Å²) in [6, 6.07) is 9.06. The van der Waals surface area contributed by atoms with Crippen LogP contribution in [0, 0.1) is 5.92 Å². The van der Waals surface area contributed by atoms with Crippen molar-refractivity contribution in [2.75, 3.05) is 44.2 Å². The molecule has 1 aromatic heterocycles. The highest BCUT2D eigenvalue weighted by Crippen LogP contribution is 2.29. The number of fused-ring (bicyclic) bond motifs is 1. The Labute approximate surface area is 175 Å². The first kappa shape index (κ1) is 19.2. The van der Waals surface area contributed by atoms with E-state index >= 15 is 0 Å². The van der Waals surface area contributed by atoms with Gasteiger partial charge in [0.15, 0.2) is 0 Å². The third-order valence-corrected chi connectivity index (χ3v) is 7.89. The van der Waals surface area contributed by atoms with Crippen molar-refractivity contribution in [2.24, 2.45) is 10.9 Å². The lowest BCUT2D eigenvalue weighted by Crippen LogP contribution is -2.59. The summed E-state index contributed by atoms with van der Waals surface area (Å²) >= 11 is 0. The molecule has 0 radical (unpaired) electrons. The molecule has 0 bridgehead atoms. The van der Waals surface area contributed by atoms with E-state index in [1.165, 1.54) is 4.31 Å². The molecular weight excluding hydrogens is 402 g/mol. The van der Waals surface area contributed by atoms with Crippen molar-refractivity contribution in [3.8, 4) is 0 Å². The highest BCUT2D eigenvalue weighted by molar-refractivity contribution is 7.89. The minimum absolute atomic E-state index is 0.0539. The van der Waals surface area contributed by atoms with E-state index in [1.54, 1.807) is 36.8 Å². The summed E-state index contributed by atoms with van der Waals surface area (Å²) in [5.74, 6) is -0.205. The third-order valence-electron chi connectivity index (χ3n) is 6.06. The molecule has 9 heteroatoms. The number of amides is 1. The number of aromatic nitrogens is 1. The summed E-state index contributed by atoms with van der Waals surface area (Å²) in [4.78, 5) is 25.4. The molecule has 8 nitrogen and oxygen atoms in total. The lowest BCUT2D eigenvalue weighted by Gasteiger charge is -2.42. The highest BCUT2D eigenvalue weighted by Gasteiger charge is 2.42. The van der Waals surface area contributed by atoms with E-state index in [-0.39, 0.29) is 29.8 Å². The van der Waals surface area contributed by atoms with Gasteiger partial charge in [0.2, 0.25) is 15.9 Å². The van der Waals surface area contributed by atoms with E-state index in [4.69, 9.17) is 0 Å². The van der Waals surface area contributed by atoms with Crippen molar-refractivity contribution in [1.29, 1.82) is 0 Å². The van der Waals surface area contributed by atoms with Crippen LogP contribution in [-0.4, -0.2) is 74.0 Å². The maximum atomic E-state index is 12.9. The zero-order chi connectivity index (χ0) is 20.7. The van der Waals surface area contributed by atoms with Gasteiger partial charge in [-0.2, -0.15) is 4.31 Å². The first-order valence-corrected chi connectivity index (χ1v) is 11.5. The fraction of sp³-hybridized carbons (Fsp3) is 0.381. The molecule has 2 fully saturated rings. The van der Waals surface area contributed by atoms with Crippen LogP contribution < -0.4 is 4.90 Å². The maximum absolute atomic E-state index is 12.9. The predicted octanol–water partition coefficient (Wildman–Crippen LogP) is 0.983. The molecule has 0 N–H and O–H groups in total. The fourth-order valence-electron chi connectivity index (χ4n) is 4.19. The molecule has 4 heterocycles. The molecule has 0 saturated carbocycles. The fourth-order valence-corrected chi connectivity index (χ4v) is 5.77. The van der Waals surface area contributed by atoms with Gasteiger partial charge in [-0.1, -0.05) is 6.07 Å². The monoisotopic (exact) mass is 425 g/mol. The summed E-state index contributed by atoms with van der Waals surface area (Å²) in [5.41, 5.74) is 3.01. The Morgan fingerprint density at radius 2 is 1.73 bits per heavy atom. The summed E-state index contributed by atoms with van der Waals surface area (Å²) in [5, 5.41) is 0. The molecule has 0 unspecified atom stereocenters. The molecule has 0 atom stereocenters. The number of benzene rings is 1. The molecule has 0 aliphatic carbocycles. The Bertz CT molecular complexity index is 1090. The minimum atomic E-state index is -3.57. The van der Waals surface area contributed by atoms with Crippen molar-refractivity contribution >= 4 is 27.8 Å². The highest BCUT2D eigenvalue weighted by atomic mass is 32.2. The van der Waals surface area contributed by atoms with E-state index in [0.717, 1.165) is 29.9 Å². The number of hydrogen-bond acceptors (Lipinski definition) is 6. The number of anilines is 1. The topological polar surface area (TPSA) is 86.2 Å². The summed E-state index contributed by atoms with van der Waals surface area (Å²) in [7, 11) is -3.57. The number of carbonyl (C=O) groups excluding carboxylic acids is 1. The number of aliphatic imine (C=N–C) groups is 1. The van der Waals surface area contributed by atoms with Gasteiger partial charge in [-0.25, -0.2) is 8.42 Å². The van der Waals surface area contributed by atoms with Gasteiger partial charge in [-0.3, -0.25) is 14.8 Å². The van der Waals surface area contributed by atoms with Gasteiger partial charge in [0.1, 0.15) is 0 Å². The van der Waals surface area contributed by atoms with Gasteiger partial charge >= 0.3 is 0 Å². The van der Waals surface area contributed by atoms with Crippen molar-refractivity contribution in [3.63, 3.8) is 0 Å². The molecule has 3 aliphatic heterocycles. The van der Waals surface area contributed by atoms with E-state index in [0.29, 0.717) is 19.6 Å². The van der Waals surface area contributed by atoms with Crippen LogP contribution in [0.2, 0.25) is 0 Å². The average Bonchev–Trinajstić information content (AvgIpc) is 3.21. The molecule has 1 amide bonds. The van der Waals surface area contributed by atoms with E-state index in [1.807, 2.05) is 17.0 Å². The zero-order valence-corrected chi connectivity index (χ0v) is 17.3. The van der Waals surface area contributed by atoms with Gasteiger partial charge in [0.25, 0.3) is 0 Å². The van der Waals surface area contributed by atoms with Gasteiger partial charge < -0.3 is 9.80 Å². The minimum Gasteiger partial charge on any atom is -0.368 e. The quantitative estimate of drug-likeness (QED) is 0.729. The Morgan fingerprint density at radius 3 is 2.47 bits per heavy atom. The third kappa shape index (κ3) is 3.37. The Hall–Kier alpha value is -2.78. The molecule has 156 valence electrons. The van der Waals surface area contributed by atoms with Crippen molar-refractivity contribution in [1.82, 2.24) is 14.2 Å². The normalized spacial score (nSPS) is 19.6. The van der Waals surface area contributed by atoms with Crippen molar-refractivity contribution in [2.45, 2.75) is 11.4 Å². The number of piperazine rings is 1. The van der Waals surface area contributed by atoms with Crippen molar-refractivity contribution in [3.05, 3.63) is 53.9 Å². The van der Waals surface area contributed by atoms with Crippen LogP contribution in [-0.2, 0) is 21.4 Å². The zero-order valence-electron chi connectivity index (χ0n) is 16.5. The van der Waals surface area contributed by atoms with E-state index < -0.39 is 10.0 Å². The molecular formula is C21H23N5O3S. The summed E-state index contributed by atoms with van der Waals surface area (Å²) in [6.07, 6.45) is 5.30. The molecule has 0 spiro atoms. The van der Waals surface area contributed by atoms with Crippen LogP contribution in [0.25, 0.3) is 0 Å². The number of nitrogens with zero attached hydrogens (tertiary/aromatic N) is 5. The maximum Gasteiger partial charge on any atom is 0.243 e. The van der Waals surface area contributed by atoms with Crippen LogP contribution in [0.3, 0.4) is 0 Å². The second-order valence-electron chi connectivity index (χ2n) is 7.87. The van der Waals surface area contributed by atoms with Crippen LogP contribution in [0.15, 0.2) is 52.6 Å². The molecule has 1 aromatic carbocycles. The van der Waals surface area contributed by atoms with Gasteiger partial charge in [0, 0.05) is 63.6 Å². The van der Waals surface area contributed by atoms with Crippen molar-refractivity contribution < 1.29 is 13.2 Å². The number of sulfonamides is 1. The van der Waals surface area contributed by atoms with Gasteiger partial charge in [-0.15, -0.1) is 0 Å². The van der Waals surface area contributed by atoms with E-state index in [2.05, 4.69) is 14.9 Å². The molecule has 5 rings (SSSR count). The number of pyridine rings is 1.